The third kappa shape index (κ3) is 5.31. The number of hydrogen-bond acceptors (Lipinski definition) is 3. The van der Waals surface area contributed by atoms with Gasteiger partial charge in [-0.3, -0.25) is 4.79 Å². The van der Waals surface area contributed by atoms with Crippen molar-refractivity contribution in [1.29, 1.82) is 0 Å². The lowest BCUT2D eigenvalue weighted by Gasteiger charge is -2.30. The van der Waals surface area contributed by atoms with Crippen molar-refractivity contribution in [1.82, 2.24) is 9.62 Å². The van der Waals surface area contributed by atoms with Crippen LogP contribution in [-0.4, -0.2) is 38.4 Å². The van der Waals surface area contributed by atoms with E-state index >= 15 is 0 Å². The molecule has 1 amide bonds. The molecule has 1 saturated heterocycles. The maximum atomic E-state index is 13.0. The van der Waals surface area contributed by atoms with Crippen molar-refractivity contribution < 1.29 is 13.2 Å². The molecule has 7 heteroatoms. The van der Waals surface area contributed by atoms with Crippen LogP contribution in [0.5, 0.6) is 0 Å². The fourth-order valence-corrected chi connectivity index (χ4v) is 4.55. The summed E-state index contributed by atoms with van der Waals surface area (Å²) in [4.78, 5) is 14.9. The average Bonchev–Trinajstić information content (AvgIpc) is 2.68. The van der Waals surface area contributed by atoms with Gasteiger partial charge in [-0.05, 0) is 55.5 Å². The monoisotopic (exact) mass is 406 g/mol. The van der Waals surface area contributed by atoms with Gasteiger partial charge in [0.25, 0.3) is 0 Å². The molecule has 0 bridgehead atoms. The summed E-state index contributed by atoms with van der Waals surface area (Å²) in [5.74, 6) is -0.170. The molecule has 1 aliphatic rings. The van der Waals surface area contributed by atoms with Gasteiger partial charge in [0.05, 0.1) is 4.90 Å². The molecule has 27 heavy (non-hydrogen) atoms. The Morgan fingerprint density at radius 2 is 1.63 bits per heavy atom. The second kappa shape index (κ2) is 8.87. The first-order valence-electron chi connectivity index (χ1n) is 9.06. The fourth-order valence-electron chi connectivity index (χ4n) is 3.23. The Morgan fingerprint density at radius 3 is 2.26 bits per heavy atom. The zero-order chi connectivity index (χ0) is 19.3. The van der Waals surface area contributed by atoms with Gasteiger partial charge in [-0.15, -0.1) is 0 Å². The summed E-state index contributed by atoms with van der Waals surface area (Å²) in [6.07, 6.45) is 3.31. The highest BCUT2D eigenvalue weighted by molar-refractivity contribution is 7.89. The first-order valence-corrected chi connectivity index (χ1v) is 10.9. The zero-order valence-electron chi connectivity index (χ0n) is 15.0. The van der Waals surface area contributed by atoms with Gasteiger partial charge >= 0.3 is 0 Å². The minimum atomic E-state index is -3.84. The number of halogens is 1. The normalized spacial score (nSPS) is 16.1. The molecule has 2 aromatic rings. The minimum absolute atomic E-state index is 0.0939. The van der Waals surface area contributed by atoms with E-state index in [0.29, 0.717) is 24.5 Å². The third-order valence-electron chi connectivity index (χ3n) is 4.67. The predicted molar refractivity (Wildman–Crippen MR) is 106 cm³/mol. The third-order valence-corrected chi connectivity index (χ3v) is 6.41. The van der Waals surface area contributed by atoms with Crippen LogP contribution in [-0.2, 0) is 21.2 Å². The maximum absolute atomic E-state index is 13.0. The van der Waals surface area contributed by atoms with Gasteiger partial charge in [-0.25, -0.2) is 8.42 Å². The number of likely N-dealkylation sites (tertiary alicyclic amines) is 1. The number of carbonyl (C=O) groups is 1. The van der Waals surface area contributed by atoms with E-state index in [1.54, 1.807) is 4.90 Å². The largest absolute Gasteiger partial charge is 0.341 e. The van der Waals surface area contributed by atoms with Crippen LogP contribution in [0.25, 0.3) is 0 Å². The van der Waals surface area contributed by atoms with Gasteiger partial charge in [0, 0.05) is 18.1 Å². The summed E-state index contributed by atoms with van der Waals surface area (Å²) >= 11 is 5.85. The van der Waals surface area contributed by atoms with Crippen molar-refractivity contribution in [2.24, 2.45) is 0 Å². The van der Waals surface area contributed by atoms with Gasteiger partial charge < -0.3 is 4.90 Å². The van der Waals surface area contributed by atoms with E-state index in [1.807, 2.05) is 30.3 Å². The molecule has 0 unspecified atom stereocenters. The Kier molecular flexibility index (Phi) is 6.52. The Hall–Kier alpha value is -1.89. The molecular formula is C20H23ClN2O3S. The molecule has 2 aromatic carbocycles. The predicted octanol–water partition coefficient (Wildman–Crippen LogP) is 3.24. The molecule has 0 aromatic heterocycles. The lowest BCUT2D eigenvalue weighted by Crippen LogP contribution is -2.50. The van der Waals surface area contributed by atoms with Crippen LogP contribution < -0.4 is 4.72 Å². The topological polar surface area (TPSA) is 66.5 Å². The highest BCUT2D eigenvalue weighted by Gasteiger charge is 2.30. The van der Waals surface area contributed by atoms with Crippen LogP contribution in [0, 0.1) is 0 Å². The molecule has 1 heterocycles. The van der Waals surface area contributed by atoms with Gasteiger partial charge in [-0.2, -0.15) is 4.72 Å². The van der Waals surface area contributed by atoms with Crippen LogP contribution in [0.4, 0.5) is 0 Å². The Morgan fingerprint density at radius 1 is 1.00 bits per heavy atom. The second-order valence-electron chi connectivity index (χ2n) is 6.70. The smallest absolute Gasteiger partial charge is 0.241 e. The highest BCUT2D eigenvalue weighted by Crippen LogP contribution is 2.17. The van der Waals surface area contributed by atoms with Crippen molar-refractivity contribution in [2.45, 2.75) is 36.6 Å². The van der Waals surface area contributed by atoms with Crippen LogP contribution in [0.2, 0.25) is 5.02 Å². The van der Waals surface area contributed by atoms with Crippen LogP contribution in [0.3, 0.4) is 0 Å². The number of benzene rings is 2. The average molecular weight is 407 g/mol. The number of carbonyl (C=O) groups excluding carboxylic acids is 1. The van der Waals surface area contributed by atoms with Gasteiger partial charge in [0.1, 0.15) is 6.04 Å². The number of rotatable bonds is 6. The van der Waals surface area contributed by atoms with E-state index in [2.05, 4.69) is 4.72 Å². The molecular weight excluding hydrogens is 384 g/mol. The van der Waals surface area contributed by atoms with E-state index in [4.69, 9.17) is 11.6 Å². The Bertz CT molecular complexity index is 864. The van der Waals surface area contributed by atoms with Crippen LogP contribution in [0.15, 0.2) is 59.5 Å². The number of hydrogen-bond donors (Lipinski definition) is 1. The number of sulfonamides is 1. The molecule has 0 spiro atoms. The summed E-state index contributed by atoms with van der Waals surface area (Å²) < 4.78 is 28.2. The summed E-state index contributed by atoms with van der Waals surface area (Å²) in [5.41, 5.74) is 0.909. The quantitative estimate of drug-likeness (QED) is 0.800. The molecule has 5 nitrogen and oxygen atoms in total. The standard InChI is InChI=1S/C20H23ClN2O3S/c21-17-9-11-18(12-10-17)27(25,26)22-19(15-16-7-3-1-4-8-16)20(24)23-13-5-2-6-14-23/h1,3-4,7-12,19,22H,2,5-6,13-15H2/t19-/m0/s1. The number of nitrogens with one attached hydrogen (secondary N) is 1. The van der Waals surface area contributed by atoms with Gasteiger partial charge in [0.2, 0.25) is 15.9 Å². The van der Waals surface area contributed by atoms with Crippen molar-refractivity contribution in [2.75, 3.05) is 13.1 Å². The van der Waals surface area contributed by atoms with E-state index in [1.165, 1.54) is 24.3 Å². The number of amides is 1. The lowest BCUT2D eigenvalue weighted by atomic mass is 10.0. The first-order chi connectivity index (χ1) is 13.0. The van der Waals surface area contributed by atoms with E-state index in [9.17, 15) is 13.2 Å². The summed E-state index contributed by atoms with van der Waals surface area (Å²) in [6.45, 7) is 1.35. The van der Waals surface area contributed by atoms with Crippen LogP contribution >= 0.6 is 11.6 Å². The summed E-state index contributed by atoms with van der Waals surface area (Å²) in [7, 11) is -3.84. The molecule has 0 saturated carbocycles. The minimum Gasteiger partial charge on any atom is -0.341 e. The molecule has 1 N–H and O–H groups in total. The van der Waals surface area contributed by atoms with Crippen molar-refractivity contribution in [3.05, 3.63) is 65.2 Å². The fraction of sp³-hybridized carbons (Fsp3) is 0.350. The van der Waals surface area contributed by atoms with Crippen molar-refractivity contribution in [3.8, 4) is 0 Å². The molecule has 1 aliphatic heterocycles. The Labute approximate surface area is 165 Å². The second-order valence-corrected chi connectivity index (χ2v) is 8.85. The molecule has 144 valence electrons. The summed E-state index contributed by atoms with van der Waals surface area (Å²) in [5, 5.41) is 0.458. The van der Waals surface area contributed by atoms with E-state index in [0.717, 1.165) is 24.8 Å². The van der Waals surface area contributed by atoms with Gasteiger partial charge in [0.15, 0.2) is 0 Å². The van der Waals surface area contributed by atoms with Crippen molar-refractivity contribution >= 4 is 27.5 Å². The maximum Gasteiger partial charge on any atom is 0.241 e. The SMILES string of the molecule is O=C([C@H](Cc1ccccc1)NS(=O)(=O)c1ccc(Cl)cc1)N1CCCCC1. The number of nitrogens with zero attached hydrogens (tertiary/aromatic N) is 1. The summed E-state index contributed by atoms with van der Waals surface area (Å²) in [6, 6.07) is 14.5. The van der Waals surface area contributed by atoms with Gasteiger partial charge in [-0.1, -0.05) is 41.9 Å². The molecule has 1 fully saturated rings. The molecule has 3 rings (SSSR count). The lowest BCUT2D eigenvalue weighted by molar-refractivity contribution is -0.133. The zero-order valence-corrected chi connectivity index (χ0v) is 16.5. The first kappa shape index (κ1) is 19.9. The molecule has 1 atom stereocenters. The highest BCUT2D eigenvalue weighted by atomic mass is 35.5. The van der Waals surface area contributed by atoms with Crippen molar-refractivity contribution in [3.63, 3.8) is 0 Å². The van der Waals surface area contributed by atoms with Crippen LogP contribution in [0.1, 0.15) is 24.8 Å². The molecule has 0 aliphatic carbocycles. The number of piperidine rings is 1. The van der Waals surface area contributed by atoms with E-state index < -0.39 is 16.1 Å². The van der Waals surface area contributed by atoms with E-state index in [-0.39, 0.29) is 10.8 Å². The molecule has 0 radical (unpaired) electrons. The Balaban J connectivity index is 1.84.